The number of hydrogen-bond acceptors (Lipinski definition) is 2. The number of rotatable bonds is 9. The van der Waals surface area contributed by atoms with E-state index in [9.17, 15) is 4.39 Å². The van der Waals surface area contributed by atoms with Crippen molar-refractivity contribution in [3.63, 3.8) is 0 Å². The summed E-state index contributed by atoms with van der Waals surface area (Å²) in [5, 5.41) is 0. The lowest BCUT2D eigenvalue weighted by molar-refractivity contribution is 0.126. The molecule has 0 radical (unpaired) electrons. The molecular weight excluding hydrogens is 337 g/mol. The predicted octanol–water partition coefficient (Wildman–Crippen LogP) is 5.87. The molecule has 3 rings (SSSR count). The first kappa shape index (κ1) is 19.4. The average molecular weight is 365 g/mol. The largest absolute Gasteiger partial charge is 0.498 e. The van der Waals surface area contributed by atoms with Gasteiger partial charge in [0.05, 0.1) is 12.4 Å². The summed E-state index contributed by atoms with van der Waals surface area (Å²) in [6.45, 7) is 5.64. The van der Waals surface area contributed by atoms with Gasteiger partial charge in [-0.15, -0.1) is 0 Å². The van der Waals surface area contributed by atoms with Crippen LogP contribution in [0.1, 0.15) is 30.9 Å². The molecule has 0 unspecified atom stereocenters. The van der Waals surface area contributed by atoms with Crippen LogP contribution in [0.3, 0.4) is 0 Å². The number of ether oxygens (including phenoxy) is 1. The Labute approximate surface area is 162 Å². The Kier molecular flexibility index (Phi) is 7.23. The highest BCUT2D eigenvalue weighted by molar-refractivity contribution is 5.18. The van der Waals surface area contributed by atoms with E-state index in [1.54, 1.807) is 6.08 Å². The van der Waals surface area contributed by atoms with Gasteiger partial charge in [-0.05, 0) is 23.3 Å². The molecule has 0 aromatic heterocycles. The molecule has 142 valence electrons. The summed E-state index contributed by atoms with van der Waals surface area (Å²) >= 11 is 0. The van der Waals surface area contributed by atoms with E-state index < -0.39 is 0 Å². The highest BCUT2D eigenvalue weighted by Gasteiger charge is 2.14. The molecule has 1 aliphatic rings. The number of hydrogen-bond donors (Lipinski definition) is 0. The smallest absolute Gasteiger partial charge is 0.100 e. The quantitative estimate of drug-likeness (QED) is 0.551. The molecule has 0 fully saturated rings. The molecule has 2 aromatic rings. The van der Waals surface area contributed by atoms with Gasteiger partial charge in [-0.1, -0.05) is 67.6 Å². The Hall–Kier alpha value is -2.39. The summed E-state index contributed by atoms with van der Waals surface area (Å²) in [6.07, 6.45) is 4.39. The molecule has 1 atom stereocenters. The zero-order chi connectivity index (χ0) is 18.9. The SMILES string of the molecule is C[C@H](COC1=CC=C(F)CC1)CN(Cc1ccccc1)Cc1ccccc1. The minimum Gasteiger partial charge on any atom is -0.498 e. The Bertz CT molecular complexity index is 713. The van der Waals surface area contributed by atoms with Crippen molar-refractivity contribution in [1.29, 1.82) is 0 Å². The number of benzene rings is 2. The lowest BCUT2D eigenvalue weighted by atomic mass is 10.1. The second-order valence-electron chi connectivity index (χ2n) is 7.30. The van der Waals surface area contributed by atoms with E-state index in [4.69, 9.17) is 4.74 Å². The van der Waals surface area contributed by atoms with Crippen LogP contribution in [0.25, 0.3) is 0 Å². The minimum absolute atomic E-state index is 0.0627. The number of allylic oxidation sites excluding steroid dienone is 4. The van der Waals surface area contributed by atoms with Crippen molar-refractivity contribution in [2.24, 2.45) is 5.92 Å². The summed E-state index contributed by atoms with van der Waals surface area (Å²) < 4.78 is 19.0. The maximum absolute atomic E-state index is 13.1. The number of halogens is 1. The monoisotopic (exact) mass is 365 g/mol. The zero-order valence-corrected chi connectivity index (χ0v) is 16.0. The van der Waals surface area contributed by atoms with Gasteiger partial charge in [-0.2, -0.15) is 0 Å². The van der Waals surface area contributed by atoms with Gasteiger partial charge < -0.3 is 4.74 Å². The van der Waals surface area contributed by atoms with Crippen LogP contribution in [0, 0.1) is 5.92 Å². The maximum atomic E-state index is 13.1. The molecule has 0 spiro atoms. The summed E-state index contributed by atoms with van der Waals surface area (Å²) in [6, 6.07) is 21.2. The minimum atomic E-state index is -0.0627. The Balaban J connectivity index is 1.58. The van der Waals surface area contributed by atoms with E-state index in [0.717, 1.165) is 25.4 Å². The molecule has 0 amide bonds. The second-order valence-corrected chi connectivity index (χ2v) is 7.30. The first-order valence-electron chi connectivity index (χ1n) is 9.67. The van der Waals surface area contributed by atoms with Crippen LogP contribution in [-0.2, 0) is 17.8 Å². The van der Waals surface area contributed by atoms with E-state index in [-0.39, 0.29) is 5.83 Å². The molecule has 0 N–H and O–H groups in total. The average Bonchev–Trinajstić information content (AvgIpc) is 2.69. The van der Waals surface area contributed by atoms with E-state index in [1.807, 2.05) is 0 Å². The molecule has 2 aromatic carbocycles. The Morgan fingerprint density at radius 1 is 0.889 bits per heavy atom. The third-order valence-electron chi connectivity index (χ3n) is 4.68. The van der Waals surface area contributed by atoms with Gasteiger partial charge in [-0.3, -0.25) is 4.90 Å². The maximum Gasteiger partial charge on any atom is 0.100 e. The van der Waals surface area contributed by atoms with Crippen molar-refractivity contribution >= 4 is 0 Å². The Morgan fingerprint density at radius 2 is 1.48 bits per heavy atom. The molecule has 0 saturated carbocycles. The normalized spacial score (nSPS) is 15.2. The highest BCUT2D eigenvalue weighted by atomic mass is 19.1. The van der Waals surface area contributed by atoms with Crippen molar-refractivity contribution in [2.45, 2.75) is 32.9 Å². The van der Waals surface area contributed by atoms with Crippen LogP contribution in [-0.4, -0.2) is 18.1 Å². The van der Waals surface area contributed by atoms with Crippen LogP contribution in [0.5, 0.6) is 0 Å². The van der Waals surface area contributed by atoms with Crippen molar-refractivity contribution < 1.29 is 9.13 Å². The Morgan fingerprint density at radius 3 is 2.00 bits per heavy atom. The van der Waals surface area contributed by atoms with Crippen LogP contribution in [0.15, 0.2) is 84.4 Å². The molecule has 2 nitrogen and oxygen atoms in total. The van der Waals surface area contributed by atoms with Crippen LogP contribution >= 0.6 is 0 Å². The third kappa shape index (κ3) is 6.69. The van der Waals surface area contributed by atoms with Gasteiger partial charge in [0.1, 0.15) is 5.83 Å². The van der Waals surface area contributed by atoms with E-state index in [1.165, 1.54) is 17.2 Å². The number of nitrogens with zero attached hydrogens (tertiary/aromatic N) is 1. The van der Waals surface area contributed by atoms with Gasteiger partial charge in [0.2, 0.25) is 0 Å². The van der Waals surface area contributed by atoms with Crippen LogP contribution < -0.4 is 0 Å². The summed E-state index contributed by atoms with van der Waals surface area (Å²) in [7, 11) is 0. The van der Waals surface area contributed by atoms with Crippen molar-refractivity contribution in [3.05, 3.63) is 95.5 Å². The van der Waals surface area contributed by atoms with Gasteiger partial charge in [0.25, 0.3) is 0 Å². The zero-order valence-electron chi connectivity index (χ0n) is 16.0. The lowest BCUT2D eigenvalue weighted by Crippen LogP contribution is -2.29. The molecule has 27 heavy (non-hydrogen) atoms. The van der Waals surface area contributed by atoms with Crippen molar-refractivity contribution in [3.8, 4) is 0 Å². The van der Waals surface area contributed by atoms with Crippen LogP contribution in [0.4, 0.5) is 4.39 Å². The van der Waals surface area contributed by atoms with Gasteiger partial charge in [0, 0.05) is 38.4 Å². The molecule has 0 saturated heterocycles. The molecule has 0 heterocycles. The molecular formula is C24H28FNO. The molecule has 0 bridgehead atoms. The molecule has 3 heteroatoms. The van der Waals surface area contributed by atoms with Gasteiger partial charge >= 0.3 is 0 Å². The second kappa shape index (κ2) is 10.1. The molecule has 0 aliphatic heterocycles. The van der Waals surface area contributed by atoms with E-state index >= 15 is 0 Å². The van der Waals surface area contributed by atoms with Gasteiger partial charge in [-0.25, -0.2) is 4.39 Å². The molecule has 1 aliphatic carbocycles. The lowest BCUT2D eigenvalue weighted by Gasteiger charge is -2.26. The first-order valence-corrected chi connectivity index (χ1v) is 9.67. The van der Waals surface area contributed by atoms with Crippen molar-refractivity contribution in [2.75, 3.05) is 13.2 Å². The fourth-order valence-corrected chi connectivity index (χ4v) is 3.32. The predicted molar refractivity (Wildman–Crippen MR) is 109 cm³/mol. The summed E-state index contributed by atoms with van der Waals surface area (Å²) in [4.78, 5) is 2.47. The summed E-state index contributed by atoms with van der Waals surface area (Å²) in [5.41, 5.74) is 2.63. The van der Waals surface area contributed by atoms with E-state index in [2.05, 4.69) is 72.5 Å². The third-order valence-corrected chi connectivity index (χ3v) is 4.68. The van der Waals surface area contributed by atoms with Crippen molar-refractivity contribution in [1.82, 2.24) is 4.90 Å². The standard InChI is InChI=1S/C24H28FNO/c1-20(19-27-24-14-12-23(25)13-15-24)16-26(17-21-8-4-2-5-9-21)18-22-10-6-3-7-11-22/h2-12,14,20H,13,15-19H2,1H3/t20-/m0/s1. The fraction of sp³-hybridized carbons (Fsp3) is 0.333. The topological polar surface area (TPSA) is 12.5 Å². The van der Waals surface area contributed by atoms with Gasteiger partial charge in [0.15, 0.2) is 0 Å². The highest BCUT2D eigenvalue weighted by Crippen LogP contribution is 2.21. The summed E-state index contributed by atoms with van der Waals surface area (Å²) in [5.74, 6) is 1.21. The van der Waals surface area contributed by atoms with E-state index in [0.29, 0.717) is 25.4 Å². The fourth-order valence-electron chi connectivity index (χ4n) is 3.32. The van der Waals surface area contributed by atoms with Crippen LogP contribution in [0.2, 0.25) is 0 Å². The first-order chi connectivity index (χ1) is 13.2.